The molecule has 0 atom stereocenters. The number of rotatable bonds is 3. The lowest BCUT2D eigenvalue weighted by molar-refractivity contribution is 0.184. The Morgan fingerprint density at radius 2 is 2.08 bits per heavy atom. The minimum atomic E-state index is -0.174. The van der Waals surface area contributed by atoms with Crippen LogP contribution in [0.1, 0.15) is 18.1 Å². The first-order valence-corrected chi connectivity index (χ1v) is 4.04. The molecule has 0 heterocycles. The van der Waals surface area contributed by atoms with Crippen LogP contribution in [0.5, 0.6) is 0 Å². The molecule has 1 aromatic rings. The van der Waals surface area contributed by atoms with Gasteiger partial charge in [-0.05, 0) is 29.7 Å². The smallest absolute Gasteiger partial charge is 0.123 e. The summed E-state index contributed by atoms with van der Waals surface area (Å²) in [5.74, 6) is -0.174. The predicted molar refractivity (Wildman–Crippen MR) is 46.5 cm³/mol. The van der Waals surface area contributed by atoms with Crippen molar-refractivity contribution in [3.8, 4) is 0 Å². The van der Waals surface area contributed by atoms with Crippen LogP contribution in [0, 0.1) is 5.82 Å². The van der Waals surface area contributed by atoms with Crippen molar-refractivity contribution in [2.75, 3.05) is 7.11 Å². The maximum Gasteiger partial charge on any atom is 0.123 e. The van der Waals surface area contributed by atoms with E-state index in [9.17, 15) is 4.39 Å². The van der Waals surface area contributed by atoms with Crippen molar-refractivity contribution >= 4 is 0 Å². The highest BCUT2D eigenvalue weighted by molar-refractivity contribution is 5.27. The lowest BCUT2D eigenvalue weighted by Crippen LogP contribution is -1.95. The molecule has 0 fully saturated rings. The van der Waals surface area contributed by atoms with E-state index in [1.807, 2.05) is 6.92 Å². The van der Waals surface area contributed by atoms with Gasteiger partial charge in [-0.1, -0.05) is 13.0 Å². The van der Waals surface area contributed by atoms with Crippen molar-refractivity contribution in [1.29, 1.82) is 0 Å². The Morgan fingerprint density at radius 1 is 1.33 bits per heavy atom. The average molecular weight is 168 g/mol. The van der Waals surface area contributed by atoms with Crippen LogP contribution in [-0.2, 0) is 17.8 Å². The van der Waals surface area contributed by atoms with Crippen LogP contribution in [-0.4, -0.2) is 7.11 Å². The Labute approximate surface area is 72.2 Å². The highest BCUT2D eigenvalue weighted by atomic mass is 19.1. The molecule has 0 unspecified atom stereocenters. The van der Waals surface area contributed by atoms with Gasteiger partial charge in [0, 0.05) is 7.11 Å². The first-order chi connectivity index (χ1) is 5.77. The molecule has 1 rings (SSSR count). The van der Waals surface area contributed by atoms with Crippen LogP contribution >= 0.6 is 0 Å². The molecule has 0 N–H and O–H groups in total. The maximum absolute atomic E-state index is 12.7. The van der Waals surface area contributed by atoms with Crippen molar-refractivity contribution in [2.24, 2.45) is 0 Å². The zero-order valence-corrected chi connectivity index (χ0v) is 7.43. The third-order valence-corrected chi connectivity index (χ3v) is 1.85. The van der Waals surface area contributed by atoms with Crippen molar-refractivity contribution in [3.05, 3.63) is 35.1 Å². The molecule has 0 aliphatic heterocycles. The van der Waals surface area contributed by atoms with Gasteiger partial charge in [-0.2, -0.15) is 0 Å². The first kappa shape index (κ1) is 9.20. The number of hydrogen-bond acceptors (Lipinski definition) is 1. The number of ether oxygens (including phenoxy) is 1. The van der Waals surface area contributed by atoms with Gasteiger partial charge in [-0.3, -0.25) is 0 Å². The van der Waals surface area contributed by atoms with Crippen LogP contribution in [0.3, 0.4) is 0 Å². The summed E-state index contributed by atoms with van der Waals surface area (Å²) in [5.41, 5.74) is 2.10. The Bertz CT molecular complexity index is 258. The summed E-state index contributed by atoms with van der Waals surface area (Å²) in [4.78, 5) is 0. The summed E-state index contributed by atoms with van der Waals surface area (Å²) in [6, 6.07) is 4.81. The van der Waals surface area contributed by atoms with Gasteiger partial charge in [-0.15, -0.1) is 0 Å². The van der Waals surface area contributed by atoms with Gasteiger partial charge in [0.15, 0.2) is 0 Å². The maximum atomic E-state index is 12.7. The number of halogens is 1. The predicted octanol–water partition coefficient (Wildman–Crippen LogP) is 2.53. The topological polar surface area (TPSA) is 9.23 Å². The Hall–Kier alpha value is -0.890. The van der Waals surface area contributed by atoms with Crippen LogP contribution < -0.4 is 0 Å². The van der Waals surface area contributed by atoms with Gasteiger partial charge < -0.3 is 4.74 Å². The Morgan fingerprint density at radius 3 is 2.67 bits per heavy atom. The van der Waals surface area contributed by atoms with Gasteiger partial charge in [-0.25, -0.2) is 4.39 Å². The molecule has 0 bridgehead atoms. The highest BCUT2D eigenvalue weighted by Gasteiger charge is 2.01. The molecule has 66 valence electrons. The van der Waals surface area contributed by atoms with E-state index in [0.717, 1.165) is 17.5 Å². The standard InChI is InChI=1S/C10H13FO/c1-3-8-6-10(11)5-4-9(8)7-12-2/h4-6H,3,7H2,1-2H3. The normalized spacial score (nSPS) is 10.2. The summed E-state index contributed by atoms with van der Waals surface area (Å²) in [7, 11) is 1.64. The average Bonchev–Trinajstić information content (AvgIpc) is 2.08. The molecular formula is C10H13FO. The highest BCUT2D eigenvalue weighted by Crippen LogP contribution is 2.12. The third kappa shape index (κ3) is 2.05. The Balaban J connectivity index is 2.94. The fraction of sp³-hybridized carbons (Fsp3) is 0.400. The number of hydrogen-bond donors (Lipinski definition) is 0. The van der Waals surface area contributed by atoms with Crippen molar-refractivity contribution in [3.63, 3.8) is 0 Å². The SMILES string of the molecule is CCc1cc(F)ccc1COC. The van der Waals surface area contributed by atoms with E-state index >= 15 is 0 Å². The van der Waals surface area contributed by atoms with E-state index in [4.69, 9.17) is 4.74 Å². The lowest BCUT2D eigenvalue weighted by Gasteiger charge is -2.05. The molecule has 1 aromatic carbocycles. The van der Waals surface area contributed by atoms with E-state index in [-0.39, 0.29) is 5.82 Å². The summed E-state index contributed by atoms with van der Waals surface area (Å²) in [5, 5.41) is 0. The molecule has 0 saturated carbocycles. The fourth-order valence-corrected chi connectivity index (χ4v) is 1.22. The molecule has 0 spiro atoms. The van der Waals surface area contributed by atoms with Crippen LogP contribution in [0.25, 0.3) is 0 Å². The van der Waals surface area contributed by atoms with Gasteiger partial charge in [0.2, 0.25) is 0 Å². The summed E-state index contributed by atoms with van der Waals surface area (Å²) < 4.78 is 17.7. The minimum absolute atomic E-state index is 0.174. The molecule has 0 aliphatic rings. The van der Waals surface area contributed by atoms with Gasteiger partial charge in [0.1, 0.15) is 5.82 Å². The second-order valence-corrected chi connectivity index (χ2v) is 2.70. The van der Waals surface area contributed by atoms with Crippen LogP contribution in [0.4, 0.5) is 4.39 Å². The minimum Gasteiger partial charge on any atom is -0.380 e. The lowest BCUT2D eigenvalue weighted by atomic mass is 10.1. The third-order valence-electron chi connectivity index (χ3n) is 1.85. The molecular weight excluding hydrogens is 155 g/mol. The molecule has 0 amide bonds. The molecule has 0 aliphatic carbocycles. The number of aryl methyl sites for hydroxylation is 1. The van der Waals surface area contributed by atoms with Gasteiger partial charge in [0.05, 0.1) is 6.61 Å². The monoisotopic (exact) mass is 168 g/mol. The van der Waals surface area contributed by atoms with E-state index in [1.165, 1.54) is 6.07 Å². The van der Waals surface area contributed by atoms with Crippen LogP contribution in [0.2, 0.25) is 0 Å². The largest absolute Gasteiger partial charge is 0.380 e. The van der Waals surface area contributed by atoms with Crippen molar-refractivity contribution < 1.29 is 9.13 Å². The first-order valence-electron chi connectivity index (χ1n) is 4.04. The molecule has 0 radical (unpaired) electrons. The zero-order chi connectivity index (χ0) is 8.97. The molecule has 12 heavy (non-hydrogen) atoms. The summed E-state index contributed by atoms with van der Waals surface area (Å²) in [6.45, 7) is 2.57. The number of methoxy groups -OCH3 is 1. The molecule has 0 saturated heterocycles. The van der Waals surface area contributed by atoms with Gasteiger partial charge in [0.25, 0.3) is 0 Å². The van der Waals surface area contributed by atoms with Crippen molar-refractivity contribution in [1.82, 2.24) is 0 Å². The molecule has 2 heteroatoms. The van der Waals surface area contributed by atoms with E-state index < -0.39 is 0 Å². The second kappa shape index (κ2) is 4.21. The van der Waals surface area contributed by atoms with Gasteiger partial charge >= 0.3 is 0 Å². The zero-order valence-electron chi connectivity index (χ0n) is 7.43. The van der Waals surface area contributed by atoms with Crippen molar-refractivity contribution in [2.45, 2.75) is 20.0 Å². The quantitative estimate of drug-likeness (QED) is 0.674. The Kier molecular flexibility index (Phi) is 3.23. The van der Waals surface area contributed by atoms with Crippen LogP contribution in [0.15, 0.2) is 18.2 Å². The fourth-order valence-electron chi connectivity index (χ4n) is 1.22. The van der Waals surface area contributed by atoms with E-state index in [1.54, 1.807) is 19.2 Å². The molecule has 0 aromatic heterocycles. The number of benzene rings is 1. The second-order valence-electron chi connectivity index (χ2n) is 2.70. The van der Waals surface area contributed by atoms with E-state index in [2.05, 4.69) is 0 Å². The summed E-state index contributed by atoms with van der Waals surface area (Å²) >= 11 is 0. The molecule has 1 nitrogen and oxygen atoms in total. The van der Waals surface area contributed by atoms with E-state index in [0.29, 0.717) is 6.61 Å². The summed E-state index contributed by atoms with van der Waals surface area (Å²) in [6.07, 6.45) is 0.844.